The second-order valence-corrected chi connectivity index (χ2v) is 3.40. The van der Waals surface area contributed by atoms with Crippen molar-refractivity contribution < 1.29 is 9.90 Å². The molecule has 0 saturated carbocycles. The fraction of sp³-hybridized carbons (Fsp3) is 0.400. The molecule has 0 saturated heterocycles. The van der Waals surface area contributed by atoms with Crippen LogP contribution in [0.3, 0.4) is 0 Å². The minimum absolute atomic E-state index is 0.501. The second kappa shape index (κ2) is 4.09. The summed E-state index contributed by atoms with van der Waals surface area (Å²) in [6.07, 6.45) is 1.61. The highest BCUT2D eigenvalue weighted by Gasteiger charge is 2.13. The molecule has 1 heterocycles. The lowest BCUT2D eigenvalue weighted by atomic mass is 10.0. The van der Waals surface area contributed by atoms with Crippen molar-refractivity contribution in [1.29, 1.82) is 0 Å². The van der Waals surface area contributed by atoms with Gasteiger partial charge in [0, 0.05) is 20.3 Å². The Morgan fingerprint density at radius 2 is 2.14 bits per heavy atom. The van der Waals surface area contributed by atoms with Crippen molar-refractivity contribution in [2.45, 2.75) is 12.8 Å². The number of hydrogen-bond acceptors (Lipinski definition) is 3. The molecule has 1 rings (SSSR count). The summed E-state index contributed by atoms with van der Waals surface area (Å²) in [6, 6.07) is 3.61. The zero-order valence-corrected chi connectivity index (χ0v) is 8.56. The predicted octanol–water partition coefficient (Wildman–Crippen LogP) is 1.34. The van der Waals surface area contributed by atoms with Crippen LogP contribution in [0.2, 0.25) is 0 Å². The molecular formula is C10H14N2O2. The Labute approximate surface area is 83.2 Å². The van der Waals surface area contributed by atoms with Crippen molar-refractivity contribution in [3.8, 4) is 0 Å². The highest BCUT2D eigenvalue weighted by atomic mass is 16.4. The van der Waals surface area contributed by atoms with Crippen LogP contribution in [0.1, 0.15) is 18.4 Å². The highest BCUT2D eigenvalue weighted by Crippen LogP contribution is 2.16. The smallest absolute Gasteiger partial charge is 0.310 e. The monoisotopic (exact) mass is 194 g/mol. The quantitative estimate of drug-likeness (QED) is 0.788. The molecule has 0 aliphatic carbocycles. The first-order chi connectivity index (χ1) is 6.52. The van der Waals surface area contributed by atoms with Gasteiger partial charge in [-0.3, -0.25) is 4.79 Å². The molecule has 14 heavy (non-hydrogen) atoms. The molecule has 4 heteroatoms. The van der Waals surface area contributed by atoms with Crippen molar-refractivity contribution in [3.63, 3.8) is 0 Å². The zero-order chi connectivity index (χ0) is 10.7. The van der Waals surface area contributed by atoms with Gasteiger partial charge in [-0.15, -0.1) is 0 Å². The van der Waals surface area contributed by atoms with E-state index in [-0.39, 0.29) is 0 Å². The van der Waals surface area contributed by atoms with E-state index in [2.05, 4.69) is 4.98 Å². The van der Waals surface area contributed by atoms with Gasteiger partial charge in [-0.05, 0) is 18.6 Å². The molecular weight excluding hydrogens is 180 g/mol. The average molecular weight is 194 g/mol. The van der Waals surface area contributed by atoms with Crippen molar-refractivity contribution in [1.82, 2.24) is 4.98 Å². The van der Waals surface area contributed by atoms with Gasteiger partial charge in [0.15, 0.2) is 0 Å². The van der Waals surface area contributed by atoms with E-state index >= 15 is 0 Å². The number of hydrogen-bond donors (Lipinski definition) is 1. The lowest BCUT2D eigenvalue weighted by molar-refractivity contribution is -0.138. The summed E-state index contributed by atoms with van der Waals surface area (Å²) in [7, 11) is 3.78. The van der Waals surface area contributed by atoms with Gasteiger partial charge in [-0.1, -0.05) is 6.07 Å². The van der Waals surface area contributed by atoms with Crippen LogP contribution in [0.25, 0.3) is 0 Å². The van der Waals surface area contributed by atoms with Gasteiger partial charge in [-0.2, -0.15) is 0 Å². The number of aromatic nitrogens is 1. The Bertz CT molecular complexity index is 319. The molecule has 0 aromatic carbocycles. The molecule has 76 valence electrons. The summed E-state index contributed by atoms with van der Waals surface area (Å²) in [5, 5.41) is 8.78. The Morgan fingerprint density at radius 1 is 1.50 bits per heavy atom. The van der Waals surface area contributed by atoms with Crippen molar-refractivity contribution >= 4 is 11.8 Å². The summed E-state index contributed by atoms with van der Waals surface area (Å²) in [5.74, 6) is -0.505. The van der Waals surface area contributed by atoms with E-state index in [1.165, 1.54) is 0 Å². The number of carbonyl (C=O) groups is 1. The number of carboxylic acids is 1. The van der Waals surface area contributed by atoms with Gasteiger partial charge in [0.05, 0.1) is 5.92 Å². The number of anilines is 1. The lowest BCUT2D eigenvalue weighted by Crippen LogP contribution is -2.12. The molecule has 0 amide bonds. The van der Waals surface area contributed by atoms with Crippen LogP contribution in [0.4, 0.5) is 5.82 Å². The molecule has 1 N–H and O–H groups in total. The van der Waals surface area contributed by atoms with Gasteiger partial charge in [0.2, 0.25) is 0 Å². The lowest BCUT2D eigenvalue weighted by Gasteiger charge is -2.12. The first-order valence-electron chi connectivity index (χ1n) is 4.38. The molecule has 1 unspecified atom stereocenters. The van der Waals surface area contributed by atoms with E-state index in [0.29, 0.717) is 0 Å². The van der Waals surface area contributed by atoms with E-state index in [1.54, 1.807) is 19.2 Å². The zero-order valence-electron chi connectivity index (χ0n) is 8.56. The van der Waals surface area contributed by atoms with E-state index in [1.807, 2.05) is 25.1 Å². The normalized spacial score (nSPS) is 12.2. The molecule has 1 aromatic rings. The largest absolute Gasteiger partial charge is 0.481 e. The minimum Gasteiger partial charge on any atom is -0.481 e. The number of aliphatic carboxylic acids is 1. The van der Waals surface area contributed by atoms with Gasteiger partial charge < -0.3 is 10.0 Å². The Balaban J connectivity index is 2.88. The molecule has 0 aliphatic heterocycles. The number of nitrogens with zero attached hydrogens (tertiary/aromatic N) is 2. The Kier molecular flexibility index (Phi) is 3.06. The van der Waals surface area contributed by atoms with Crippen LogP contribution in [-0.2, 0) is 4.79 Å². The molecule has 1 aromatic heterocycles. The fourth-order valence-electron chi connectivity index (χ4n) is 1.06. The summed E-state index contributed by atoms with van der Waals surface area (Å²) in [6.45, 7) is 1.65. The first-order valence-corrected chi connectivity index (χ1v) is 4.38. The third-order valence-electron chi connectivity index (χ3n) is 2.10. The second-order valence-electron chi connectivity index (χ2n) is 3.40. The minimum atomic E-state index is -0.829. The van der Waals surface area contributed by atoms with Gasteiger partial charge in [-0.25, -0.2) is 4.98 Å². The molecule has 0 radical (unpaired) electrons. The van der Waals surface area contributed by atoms with Crippen LogP contribution in [0.5, 0.6) is 0 Å². The van der Waals surface area contributed by atoms with Crippen molar-refractivity contribution in [2.24, 2.45) is 0 Å². The summed E-state index contributed by atoms with van der Waals surface area (Å²) >= 11 is 0. The van der Waals surface area contributed by atoms with Crippen LogP contribution in [0, 0.1) is 0 Å². The molecule has 0 bridgehead atoms. The standard InChI is InChI=1S/C10H14N2O2/c1-7(10(13)14)8-4-5-9(11-6-8)12(2)3/h4-7H,1-3H3,(H,13,14). The van der Waals surface area contributed by atoms with E-state index < -0.39 is 11.9 Å². The van der Waals surface area contributed by atoms with Gasteiger partial charge in [0.25, 0.3) is 0 Å². The van der Waals surface area contributed by atoms with Gasteiger partial charge >= 0.3 is 5.97 Å². The first kappa shape index (κ1) is 10.5. The Hall–Kier alpha value is -1.58. The number of carboxylic acid groups (broad SMARTS) is 1. The molecule has 4 nitrogen and oxygen atoms in total. The van der Waals surface area contributed by atoms with Crippen molar-refractivity contribution in [2.75, 3.05) is 19.0 Å². The van der Waals surface area contributed by atoms with Crippen LogP contribution in [-0.4, -0.2) is 30.2 Å². The van der Waals surface area contributed by atoms with Gasteiger partial charge in [0.1, 0.15) is 5.82 Å². The Morgan fingerprint density at radius 3 is 2.50 bits per heavy atom. The SMILES string of the molecule is CC(C(=O)O)c1ccc(N(C)C)nc1. The molecule has 1 atom stereocenters. The molecule has 0 fully saturated rings. The van der Waals surface area contributed by atoms with E-state index in [0.717, 1.165) is 11.4 Å². The van der Waals surface area contributed by atoms with Crippen LogP contribution < -0.4 is 4.90 Å². The highest BCUT2D eigenvalue weighted by molar-refractivity contribution is 5.75. The van der Waals surface area contributed by atoms with E-state index in [4.69, 9.17) is 5.11 Å². The third kappa shape index (κ3) is 2.22. The molecule has 0 aliphatic rings. The number of pyridine rings is 1. The topological polar surface area (TPSA) is 53.4 Å². The third-order valence-corrected chi connectivity index (χ3v) is 2.10. The van der Waals surface area contributed by atoms with Crippen LogP contribution >= 0.6 is 0 Å². The summed E-state index contributed by atoms with van der Waals surface area (Å²) < 4.78 is 0. The molecule has 0 spiro atoms. The summed E-state index contributed by atoms with van der Waals surface area (Å²) in [5.41, 5.74) is 0.725. The number of rotatable bonds is 3. The van der Waals surface area contributed by atoms with Crippen molar-refractivity contribution in [3.05, 3.63) is 23.9 Å². The van der Waals surface area contributed by atoms with Crippen LogP contribution in [0.15, 0.2) is 18.3 Å². The predicted molar refractivity (Wildman–Crippen MR) is 54.6 cm³/mol. The fourth-order valence-corrected chi connectivity index (χ4v) is 1.06. The maximum atomic E-state index is 10.7. The maximum absolute atomic E-state index is 10.7. The van der Waals surface area contributed by atoms with E-state index in [9.17, 15) is 4.79 Å². The average Bonchev–Trinajstić information content (AvgIpc) is 2.16. The maximum Gasteiger partial charge on any atom is 0.310 e. The summed E-state index contributed by atoms with van der Waals surface area (Å²) in [4.78, 5) is 16.7.